The van der Waals surface area contributed by atoms with Gasteiger partial charge >= 0.3 is 5.97 Å². The molecule has 0 radical (unpaired) electrons. The average Bonchev–Trinajstić information content (AvgIpc) is 2.75. The van der Waals surface area contributed by atoms with Crippen LogP contribution in [0.15, 0.2) is 36.4 Å². The predicted octanol–water partition coefficient (Wildman–Crippen LogP) is 5.34. The highest BCUT2D eigenvalue weighted by Crippen LogP contribution is 2.44. The van der Waals surface area contributed by atoms with Gasteiger partial charge in [-0.1, -0.05) is 50.6 Å². The number of amides is 1. The molecule has 0 heterocycles. The van der Waals surface area contributed by atoms with Crippen LogP contribution in [-0.2, 0) is 14.3 Å². The van der Waals surface area contributed by atoms with Crippen LogP contribution >= 0.6 is 11.6 Å². The van der Waals surface area contributed by atoms with E-state index < -0.39 is 12.1 Å². The third-order valence-electron chi connectivity index (χ3n) is 4.98. The molecule has 0 spiro atoms. The summed E-state index contributed by atoms with van der Waals surface area (Å²) in [7, 11) is 4.64. The highest BCUT2D eigenvalue weighted by Gasteiger charge is 2.32. The van der Waals surface area contributed by atoms with E-state index in [4.69, 9.17) is 30.9 Å². The number of halogens is 1. The summed E-state index contributed by atoms with van der Waals surface area (Å²) in [5.74, 6) is -0.355. The second-order valence-corrected chi connectivity index (χ2v) is 9.27. The number of methoxy groups -OCH3 is 3. The first kappa shape index (κ1) is 26.5. The number of carbonyl (C=O) groups excluding carboxylic acids is 1. The number of para-hydroxylation sites is 1. The van der Waals surface area contributed by atoms with E-state index in [1.807, 2.05) is 45.0 Å². The zero-order chi connectivity index (χ0) is 24.8. The Hall–Kier alpha value is -2.77. The van der Waals surface area contributed by atoms with Crippen molar-refractivity contribution in [3.05, 3.63) is 52.5 Å². The monoisotopic (exact) mass is 477 g/mol. The maximum atomic E-state index is 13.3. The molecule has 2 rings (SSSR count). The molecule has 1 N–H and O–H groups in total. The Morgan fingerprint density at radius 1 is 1.00 bits per heavy atom. The van der Waals surface area contributed by atoms with Crippen LogP contribution in [0.2, 0.25) is 5.02 Å². The lowest BCUT2D eigenvalue weighted by molar-refractivity contribution is -0.138. The van der Waals surface area contributed by atoms with Crippen molar-refractivity contribution in [2.24, 2.45) is 5.41 Å². The van der Waals surface area contributed by atoms with Gasteiger partial charge in [-0.3, -0.25) is 9.59 Å². The number of rotatable bonds is 10. The van der Waals surface area contributed by atoms with Crippen molar-refractivity contribution >= 4 is 29.2 Å². The van der Waals surface area contributed by atoms with Gasteiger partial charge in [0.25, 0.3) is 0 Å². The second kappa shape index (κ2) is 11.4. The minimum absolute atomic E-state index is 0.150. The van der Waals surface area contributed by atoms with Crippen LogP contribution in [0.1, 0.15) is 50.8 Å². The van der Waals surface area contributed by atoms with E-state index in [-0.39, 0.29) is 24.2 Å². The molecule has 0 fully saturated rings. The summed E-state index contributed by atoms with van der Waals surface area (Å²) in [5, 5.41) is 9.54. The molecule has 2 aromatic rings. The lowest BCUT2D eigenvalue weighted by Crippen LogP contribution is -2.39. The number of carboxylic acids is 1. The third kappa shape index (κ3) is 6.85. The number of benzene rings is 2. The van der Waals surface area contributed by atoms with E-state index in [0.717, 1.165) is 5.56 Å². The van der Waals surface area contributed by atoms with Crippen LogP contribution in [0, 0.1) is 5.41 Å². The molecule has 2 aromatic carbocycles. The number of hydrogen-bond acceptors (Lipinski definition) is 5. The number of carboxylic acid groups (broad SMARTS) is 1. The summed E-state index contributed by atoms with van der Waals surface area (Å²) < 4.78 is 17.1. The molecular formula is C25H32ClNO6. The Morgan fingerprint density at radius 2 is 1.64 bits per heavy atom. The van der Waals surface area contributed by atoms with E-state index in [1.165, 1.54) is 7.11 Å². The van der Waals surface area contributed by atoms with Crippen molar-refractivity contribution in [2.45, 2.75) is 39.7 Å². The lowest BCUT2D eigenvalue weighted by Gasteiger charge is -2.34. The molecule has 1 atom stereocenters. The molecule has 0 aliphatic heterocycles. The summed E-state index contributed by atoms with van der Waals surface area (Å²) in [5.41, 5.74) is 1.57. The SMILES string of the molecule is COc1ccccc1C(OC)c1cc(Cl)cc(OC)c1N(CC(C)(C)C)C(=O)CCC(=O)O. The predicted molar refractivity (Wildman–Crippen MR) is 129 cm³/mol. The van der Waals surface area contributed by atoms with Crippen molar-refractivity contribution in [1.82, 2.24) is 0 Å². The van der Waals surface area contributed by atoms with Crippen LogP contribution in [0.4, 0.5) is 5.69 Å². The fraction of sp³-hybridized carbons (Fsp3) is 0.440. The summed E-state index contributed by atoms with van der Waals surface area (Å²) in [4.78, 5) is 26.0. The molecule has 180 valence electrons. The van der Waals surface area contributed by atoms with Crippen LogP contribution in [0.25, 0.3) is 0 Å². The van der Waals surface area contributed by atoms with Gasteiger partial charge in [0.05, 0.1) is 26.3 Å². The van der Waals surface area contributed by atoms with Gasteiger partial charge in [0.1, 0.15) is 17.6 Å². The topological polar surface area (TPSA) is 85.3 Å². The summed E-state index contributed by atoms with van der Waals surface area (Å²) >= 11 is 6.44. The molecule has 1 unspecified atom stereocenters. The van der Waals surface area contributed by atoms with Crippen molar-refractivity contribution < 1.29 is 28.9 Å². The maximum Gasteiger partial charge on any atom is 0.303 e. The first-order valence-corrected chi connectivity index (χ1v) is 11.0. The van der Waals surface area contributed by atoms with Gasteiger partial charge in [-0.2, -0.15) is 0 Å². The molecule has 8 heteroatoms. The molecule has 33 heavy (non-hydrogen) atoms. The van der Waals surface area contributed by atoms with E-state index in [0.29, 0.717) is 34.3 Å². The first-order valence-electron chi connectivity index (χ1n) is 10.6. The number of carbonyl (C=O) groups is 2. The molecule has 1 amide bonds. The van der Waals surface area contributed by atoms with E-state index in [1.54, 1.807) is 31.3 Å². The second-order valence-electron chi connectivity index (χ2n) is 8.84. The van der Waals surface area contributed by atoms with Crippen LogP contribution in [0.3, 0.4) is 0 Å². The molecule has 0 aliphatic rings. The Morgan fingerprint density at radius 3 is 2.18 bits per heavy atom. The Labute approximate surface area is 200 Å². The molecule has 0 aromatic heterocycles. The van der Waals surface area contributed by atoms with Crippen LogP contribution in [0.5, 0.6) is 11.5 Å². The van der Waals surface area contributed by atoms with Crippen LogP contribution < -0.4 is 14.4 Å². The standard InChI is InChI=1S/C25H32ClNO6/c1-25(2,3)15-27(21(28)11-12-22(29)30)23-18(13-16(26)14-20(23)32-5)24(33-6)17-9-7-8-10-19(17)31-4/h7-10,13-14,24H,11-12,15H2,1-6H3,(H,29,30). The number of ether oxygens (including phenoxy) is 3. The Kier molecular flexibility index (Phi) is 9.14. The molecule has 0 saturated carbocycles. The minimum Gasteiger partial charge on any atom is -0.496 e. The van der Waals surface area contributed by atoms with Gasteiger partial charge in [0.15, 0.2) is 0 Å². The molecule has 7 nitrogen and oxygen atoms in total. The summed E-state index contributed by atoms with van der Waals surface area (Å²) in [6.07, 6.45) is -1.05. The molecule has 0 aliphatic carbocycles. The number of anilines is 1. The normalized spacial score (nSPS) is 12.2. The quantitative estimate of drug-likeness (QED) is 0.497. The number of hydrogen-bond donors (Lipinski definition) is 1. The van der Waals surface area contributed by atoms with Crippen molar-refractivity contribution in [3.8, 4) is 11.5 Å². The van der Waals surface area contributed by atoms with Gasteiger partial charge < -0.3 is 24.2 Å². The van der Waals surface area contributed by atoms with E-state index in [9.17, 15) is 9.59 Å². The van der Waals surface area contributed by atoms with Crippen molar-refractivity contribution in [1.29, 1.82) is 0 Å². The van der Waals surface area contributed by atoms with Crippen LogP contribution in [-0.4, -0.2) is 44.9 Å². The van der Waals surface area contributed by atoms with Gasteiger partial charge in [-0.25, -0.2) is 0 Å². The lowest BCUT2D eigenvalue weighted by atomic mass is 9.93. The molecule has 0 saturated heterocycles. The highest BCUT2D eigenvalue weighted by molar-refractivity contribution is 6.31. The average molecular weight is 478 g/mol. The Balaban J connectivity index is 2.77. The zero-order valence-electron chi connectivity index (χ0n) is 20.0. The smallest absolute Gasteiger partial charge is 0.303 e. The minimum atomic E-state index is -1.04. The van der Waals surface area contributed by atoms with Gasteiger partial charge in [-0.15, -0.1) is 0 Å². The summed E-state index contributed by atoms with van der Waals surface area (Å²) in [6, 6.07) is 10.8. The summed E-state index contributed by atoms with van der Waals surface area (Å²) in [6.45, 7) is 6.33. The van der Waals surface area contributed by atoms with E-state index >= 15 is 0 Å². The van der Waals surface area contributed by atoms with Gasteiger partial charge in [-0.05, 0) is 17.5 Å². The fourth-order valence-corrected chi connectivity index (χ4v) is 3.87. The largest absolute Gasteiger partial charge is 0.496 e. The van der Waals surface area contributed by atoms with E-state index in [2.05, 4.69) is 0 Å². The van der Waals surface area contributed by atoms with Gasteiger partial charge in [0.2, 0.25) is 5.91 Å². The van der Waals surface area contributed by atoms with Crippen molar-refractivity contribution in [3.63, 3.8) is 0 Å². The molecule has 0 bridgehead atoms. The zero-order valence-corrected chi connectivity index (χ0v) is 20.7. The third-order valence-corrected chi connectivity index (χ3v) is 5.20. The molecular weight excluding hydrogens is 446 g/mol. The van der Waals surface area contributed by atoms with Gasteiger partial charge in [0, 0.05) is 42.3 Å². The first-order chi connectivity index (χ1) is 15.5. The number of nitrogens with zero attached hydrogens (tertiary/aromatic N) is 1. The fourth-order valence-electron chi connectivity index (χ4n) is 3.66. The maximum absolute atomic E-state index is 13.3. The number of aliphatic carboxylic acids is 1. The highest BCUT2D eigenvalue weighted by atomic mass is 35.5. The van der Waals surface area contributed by atoms with Crippen molar-refractivity contribution in [2.75, 3.05) is 32.8 Å². The Bertz CT molecular complexity index is 985.